The summed E-state index contributed by atoms with van der Waals surface area (Å²) in [6.45, 7) is 3.93. The Hall–Kier alpha value is -1.46. The number of aliphatic carboxylic acids is 1. The highest BCUT2D eigenvalue weighted by atomic mass is 16.4. The first-order valence-corrected chi connectivity index (χ1v) is 9.21. The number of rotatable bonds is 1. The van der Waals surface area contributed by atoms with Crippen LogP contribution in [-0.4, -0.2) is 38.8 Å². The molecule has 5 nitrogen and oxygen atoms in total. The van der Waals surface area contributed by atoms with Crippen LogP contribution in [0.1, 0.15) is 46.0 Å². The van der Waals surface area contributed by atoms with Gasteiger partial charge in [0.25, 0.3) is 0 Å². The van der Waals surface area contributed by atoms with Crippen LogP contribution in [-0.2, 0) is 9.59 Å². The van der Waals surface area contributed by atoms with Crippen LogP contribution in [0.2, 0.25) is 0 Å². The van der Waals surface area contributed by atoms with Gasteiger partial charge in [0.15, 0.2) is 11.4 Å². The number of carboxylic acids is 1. The van der Waals surface area contributed by atoms with Gasteiger partial charge in [-0.1, -0.05) is 25.5 Å². The molecule has 3 fully saturated rings. The average molecular weight is 346 g/mol. The Morgan fingerprint density at radius 2 is 2.00 bits per heavy atom. The highest BCUT2D eigenvalue weighted by Gasteiger charge is 2.68. The highest BCUT2D eigenvalue weighted by Crippen LogP contribution is 2.66. The molecular weight excluding hydrogens is 320 g/mol. The second-order valence-electron chi connectivity index (χ2n) is 8.92. The summed E-state index contributed by atoms with van der Waals surface area (Å²) in [5, 5.41) is 31.6. The number of aliphatic hydroxyl groups excluding tert-OH is 1. The van der Waals surface area contributed by atoms with Crippen molar-refractivity contribution in [3.8, 4) is 0 Å². The van der Waals surface area contributed by atoms with Crippen molar-refractivity contribution < 1.29 is 24.9 Å². The van der Waals surface area contributed by atoms with Crippen molar-refractivity contribution in [3.05, 3.63) is 23.8 Å². The number of ketones is 1. The summed E-state index contributed by atoms with van der Waals surface area (Å²) in [4.78, 5) is 23.6. The second kappa shape index (κ2) is 5.04. The molecule has 0 aromatic heterocycles. The fourth-order valence-corrected chi connectivity index (χ4v) is 6.68. The lowest BCUT2D eigenvalue weighted by molar-refractivity contribution is -0.192. The van der Waals surface area contributed by atoms with E-state index in [1.165, 1.54) is 0 Å². The second-order valence-corrected chi connectivity index (χ2v) is 8.92. The molecule has 4 rings (SSSR count). The van der Waals surface area contributed by atoms with Crippen LogP contribution in [0, 0.1) is 28.6 Å². The third-order valence-corrected chi connectivity index (χ3v) is 8.00. The maximum absolute atomic E-state index is 11.8. The zero-order valence-electron chi connectivity index (χ0n) is 14.7. The van der Waals surface area contributed by atoms with Gasteiger partial charge in [-0.2, -0.15) is 0 Å². The third kappa shape index (κ3) is 1.97. The molecule has 136 valence electrons. The lowest BCUT2D eigenvalue weighted by Gasteiger charge is -2.59. The number of hydrogen-bond acceptors (Lipinski definition) is 4. The van der Waals surface area contributed by atoms with Crippen LogP contribution in [0.5, 0.6) is 0 Å². The van der Waals surface area contributed by atoms with Crippen molar-refractivity contribution >= 4 is 11.8 Å². The summed E-state index contributed by atoms with van der Waals surface area (Å²) in [6.07, 6.45) is 7.37. The summed E-state index contributed by atoms with van der Waals surface area (Å²) in [7, 11) is 0. The number of aliphatic hydroxyl groups is 2. The number of carbonyl (C=O) groups is 2. The van der Waals surface area contributed by atoms with E-state index in [-0.39, 0.29) is 41.8 Å². The molecule has 0 spiro atoms. The van der Waals surface area contributed by atoms with E-state index in [0.29, 0.717) is 6.42 Å². The minimum Gasteiger partial charge on any atom is -0.479 e. The zero-order chi connectivity index (χ0) is 18.2. The van der Waals surface area contributed by atoms with E-state index in [1.807, 2.05) is 13.0 Å². The molecule has 0 amide bonds. The van der Waals surface area contributed by atoms with Gasteiger partial charge in [-0.05, 0) is 56.1 Å². The summed E-state index contributed by atoms with van der Waals surface area (Å²) in [5.41, 5.74) is -1.86. The first kappa shape index (κ1) is 17.0. The molecule has 0 aromatic rings. The molecular formula is C20H26O5. The molecule has 3 N–H and O–H groups in total. The first-order chi connectivity index (χ1) is 11.6. The van der Waals surface area contributed by atoms with E-state index in [0.717, 1.165) is 18.4 Å². The van der Waals surface area contributed by atoms with Gasteiger partial charge in [-0.15, -0.1) is 0 Å². The van der Waals surface area contributed by atoms with Gasteiger partial charge >= 0.3 is 5.97 Å². The molecule has 7 atom stereocenters. The lowest BCUT2D eigenvalue weighted by Crippen LogP contribution is -2.61. The quantitative estimate of drug-likeness (QED) is 0.676. The molecule has 0 heterocycles. The molecule has 4 aliphatic carbocycles. The number of carbonyl (C=O) groups excluding carboxylic acids is 1. The molecule has 3 saturated carbocycles. The largest absolute Gasteiger partial charge is 0.479 e. The van der Waals surface area contributed by atoms with Gasteiger partial charge in [-0.25, -0.2) is 4.79 Å². The van der Waals surface area contributed by atoms with E-state index in [2.05, 4.69) is 6.92 Å². The van der Waals surface area contributed by atoms with E-state index in [4.69, 9.17) is 0 Å². The summed E-state index contributed by atoms with van der Waals surface area (Å²) in [6, 6.07) is 0. The van der Waals surface area contributed by atoms with Crippen LogP contribution in [0.4, 0.5) is 0 Å². The van der Waals surface area contributed by atoms with Crippen LogP contribution in [0.15, 0.2) is 23.8 Å². The molecule has 5 heteroatoms. The van der Waals surface area contributed by atoms with Gasteiger partial charge in [0.2, 0.25) is 0 Å². The van der Waals surface area contributed by atoms with Crippen LogP contribution < -0.4 is 0 Å². The van der Waals surface area contributed by atoms with Crippen molar-refractivity contribution in [1.29, 1.82) is 0 Å². The SMILES string of the molecule is C[C@]12C=CC(=O)C=C1CC[C@@H]1[C@@H]2[C@@H](O)C[C@@]2(C)[C@H]1CC[C@@]2(O)C(=O)O. The topological polar surface area (TPSA) is 94.8 Å². The third-order valence-electron chi connectivity index (χ3n) is 8.00. The van der Waals surface area contributed by atoms with Crippen molar-refractivity contribution in [3.63, 3.8) is 0 Å². The minimum absolute atomic E-state index is 0.00202. The van der Waals surface area contributed by atoms with Crippen LogP contribution in [0.25, 0.3) is 0 Å². The molecule has 0 bridgehead atoms. The van der Waals surface area contributed by atoms with Gasteiger partial charge in [0.1, 0.15) is 0 Å². The zero-order valence-corrected chi connectivity index (χ0v) is 14.7. The van der Waals surface area contributed by atoms with Crippen LogP contribution in [0.3, 0.4) is 0 Å². The standard InChI is InChI=1S/C20H26O5/c1-18-7-5-12(21)9-11(18)3-4-13-14-6-8-20(25,17(23)24)19(14,2)10-15(22)16(13)18/h5,7,9,13-16,22,25H,3-4,6,8,10H2,1-2H3,(H,23,24)/t13-,14-,15-,16+,18-,19-,20+/m0/s1. The van der Waals surface area contributed by atoms with E-state index >= 15 is 0 Å². The van der Waals surface area contributed by atoms with Gasteiger partial charge in [0.05, 0.1) is 6.10 Å². The number of fused-ring (bicyclic) bond motifs is 5. The lowest BCUT2D eigenvalue weighted by atomic mass is 9.46. The molecule has 4 aliphatic rings. The van der Waals surface area contributed by atoms with Crippen molar-refractivity contribution in [1.82, 2.24) is 0 Å². The van der Waals surface area contributed by atoms with E-state index < -0.39 is 23.1 Å². The number of hydrogen-bond donors (Lipinski definition) is 3. The smallest absolute Gasteiger partial charge is 0.336 e. The predicted molar refractivity (Wildman–Crippen MR) is 90.6 cm³/mol. The molecule has 25 heavy (non-hydrogen) atoms. The predicted octanol–water partition coefficient (Wildman–Crippen LogP) is 2.08. The Morgan fingerprint density at radius 3 is 2.68 bits per heavy atom. The summed E-state index contributed by atoms with van der Waals surface area (Å²) >= 11 is 0. The average Bonchev–Trinajstić information content (AvgIpc) is 2.80. The molecule has 0 saturated heterocycles. The van der Waals surface area contributed by atoms with Crippen molar-refractivity contribution in [2.45, 2.75) is 57.7 Å². The molecule has 0 radical (unpaired) electrons. The van der Waals surface area contributed by atoms with E-state index in [9.17, 15) is 24.9 Å². The summed E-state index contributed by atoms with van der Waals surface area (Å²) in [5.74, 6) is -0.976. The molecule has 0 aliphatic heterocycles. The molecule has 0 aromatic carbocycles. The minimum atomic E-state index is -1.76. The fraction of sp³-hybridized carbons (Fsp3) is 0.700. The Kier molecular flexibility index (Phi) is 3.42. The fourth-order valence-electron chi connectivity index (χ4n) is 6.68. The van der Waals surface area contributed by atoms with Gasteiger partial charge in [-0.3, -0.25) is 4.79 Å². The maximum atomic E-state index is 11.8. The van der Waals surface area contributed by atoms with E-state index in [1.54, 1.807) is 12.2 Å². The molecule has 0 unspecified atom stereocenters. The van der Waals surface area contributed by atoms with Gasteiger partial charge < -0.3 is 15.3 Å². The monoisotopic (exact) mass is 346 g/mol. The van der Waals surface area contributed by atoms with Crippen molar-refractivity contribution in [2.24, 2.45) is 28.6 Å². The Balaban J connectivity index is 1.76. The maximum Gasteiger partial charge on any atom is 0.336 e. The summed E-state index contributed by atoms with van der Waals surface area (Å²) < 4.78 is 0. The Bertz CT molecular complexity index is 709. The van der Waals surface area contributed by atoms with Gasteiger partial charge in [0, 0.05) is 16.7 Å². The van der Waals surface area contributed by atoms with Crippen LogP contribution >= 0.6 is 0 Å². The van der Waals surface area contributed by atoms with Crippen molar-refractivity contribution in [2.75, 3.05) is 0 Å². The Morgan fingerprint density at radius 1 is 1.28 bits per heavy atom. The highest BCUT2D eigenvalue weighted by molar-refractivity contribution is 6.01. The first-order valence-electron chi connectivity index (χ1n) is 9.21. The number of carboxylic acid groups (broad SMARTS) is 1. The normalized spacial score (nSPS) is 51.4. The Labute approximate surface area is 147 Å². The number of allylic oxidation sites excluding steroid dienone is 4.